The van der Waals surface area contributed by atoms with Crippen LogP contribution in [0.15, 0.2) is 21.5 Å². The fourth-order valence-electron chi connectivity index (χ4n) is 2.49. The molecule has 0 saturated heterocycles. The van der Waals surface area contributed by atoms with Crippen molar-refractivity contribution in [1.29, 1.82) is 0 Å². The molecule has 0 amide bonds. The van der Waals surface area contributed by atoms with E-state index in [1.807, 2.05) is 0 Å². The van der Waals surface area contributed by atoms with E-state index in [0.29, 0.717) is 22.5 Å². The zero-order valence-corrected chi connectivity index (χ0v) is 12.1. The molecule has 0 N–H and O–H groups in total. The molecule has 1 aliphatic heterocycles. The molecule has 0 spiro atoms. The maximum Gasteiger partial charge on any atom is 0.243 e. The summed E-state index contributed by atoms with van der Waals surface area (Å²) < 4.78 is 40.2. The Balaban J connectivity index is 1.97. The molecule has 1 saturated carbocycles. The molecule has 3 nitrogen and oxygen atoms in total. The van der Waals surface area contributed by atoms with Gasteiger partial charge in [-0.15, -0.1) is 0 Å². The SMILES string of the molecule is O=S1(=O)c2ccc(Br)c(F)c2CN1CC1CCC1. The summed E-state index contributed by atoms with van der Waals surface area (Å²) in [5, 5.41) is 0. The molecule has 3 rings (SSSR count). The summed E-state index contributed by atoms with van der Waals surface area (Å²) in [6, 6.07) is 2.94. The lowest BCUT2D eigenvalue weighted by Crippen LogP contribution is -2.32. The molecule has 0 radical (unpaired) electrons. The first-order chi connectivity index (χ1) is 8.50. The Labute approximate surface area is 114 Å². The smallest absolute Gasteiger partial charge is 0.207 e. The van der Waals surface area contributed by atoms with Gasteiger partial charge in [-0.2, -0.15) is 4.31 Å². The summed E-state index contributed by atoms with van der Waals surface area (Å²) in [5.41, 5.74) is 0.295. The van der Waals surface area contributed by atoms with Gasteiger partial charge in [-0.25, -0.2) is 12.8 Å². The van der Waals surface area contributed by atoms with Gasteiger partial charge in [0.1, 0.15) is 5.82 Å². The second-order valence-corrected chi connectivity index (χ2v) is 7.69. The minimum atomic E-state index is -3.48. The van der Waals surface area contributed by atoms with Crippen molar-refractivity contribution in [1.82, 2.24) is 4.31 Å². The van der Waals surface area contributed by atoms with E-state index in [1.54, 1.807) is 0 Å². The van der Waals surface area contributed by atoms with Gasteiger partial charge in [-0.1, -0.05) is 6.42 Å². The van der Waals surface area contributed by atoms with Crippen molar-refractivity contribution in [2.24, 2.45) is 5.92 Å². The zero-order chi connectivity index (χ0) is 12.9. The summed E-state index contributed by atoms with van der Waals surface area (Å²) in [5.74, 6) is -0.00669. The van der Waals surface area contributed by atoms with Crippen LogP contribution in [-0.2, 0) is 16.6 Å². The number of hydrogen-bond acceptors (Lipinski definition) is 2. The van der Waals surface area contributed by atoms with Crippen LogP contribution >= 0.6 is 15.9 Å². The van der Waals surface area contributed by atoms with Crippen LogP contribution in [0.3, 0.4) is 0 Å². The van der Waals surface area contributed by atoms with Gasteiger partial charge in [-0.3, -0.25) is 0 Å². The van der Waals surface area contributed by atoms with Gasteiger partial charge in [0.05, 0.1) is 9.37 Å². The van der Waals surface area contributed by atoms with Crippen molar-refractivity contribution < 1.29 is 12.8 Å². The second kappa shape index (κ2) is 4.28. The van der Waals surface area contributed by atoms with E-state index in [1.165, 1.54) is 22.9 Å². The van der Waals surface area contributed by atoms with E-state index >= 15 is 0 Å². The first kappa shape index (κ1) is 12.6. The standard InChI is InChI=1S/C12H13BrFNO2S/c13-10-4-5-11-9(12(10)14)7-15(18(11,16)17)6-8-2-1-3-8/h4-5,8H,1-3,6-7H2. The van der Waals surface area contributed by atoms with Crippen molar-refractivity contribution in [2.75, 3.05) is 6.54 Å². The average molecular weight is 334 g/mol. The number of hydrogen-bond donors (Lipinski definition) is 0. The molecule has 18 heavy (non-hydrogen) atoms. The van der Waals surface area contributed by atoms with Crippen LogP contribution in [0.25, 0.3) is 0 Å². The quantitative estimate of drug-likeness (QED) is 0.834. The van der Waals surface area contributed by atoms with Gasteiger partial charge < -0.3 is 0 Å². The molecule has 1 aromatic rings. The van der Waals surface area contributed by atoms with Crippen LogP contribution in [0.4, 0.5) is 4.39 Å². The molecule has 0 atom stereocenters. The number of nitrogens with zero attached hydrogens (tertiary/aromatic N) is 1. The molecular formula is C12H13BrFNO2S. The fourth-order valence-corrected chi connectivity index (χ4v) is 4.55. The highest BCUT2D eigenvalue weighted by Gasteiger charge is 2.38. The van der Waals surface area contributed by atoms with Crippen LogP contribution in [0.5, 0.6) is 0 Å². The van der Waals surface area contributed by atoms with Crippen LogP contribution in [0.2, 0.25) is 0 Å². The van der Waals surface area contributed by atoms with Crippen LogP contribution in [-0.4, -0.2) is 19.3 Å². The number of halogens is 2. The fraction of sp³-hybridized carbons (Fsp3) is 0.500. The van der Waals surface area contributed by atoms with Crippen molar-refractivity contribution >= 4 is 26.0 Å². The third kappa shape index (κ3) is 1.82. The summed E-state index contributed by atoms with van der Waals surface area (Å²) in [7, 11) is -3.48. The minimum absolute atomic E-state index is 0.127. The number of sulfonamides is 1. The van der Waals surface area contributed by atoms with Gasteiger partial charge in [0, 0.05) is 18.7 Å². The van der Waals surface area contributed by atoms with Gasteiger partial charge in [0.2, 0.25) is 10.0 Å². The third-order valence-corrected chi connectivity index (χ3v) is 6.30. The zero-order valence-electron chi connectivity index (χ0n) is 9.70. The summed E-state index contributed by atoms with van der Waals surface area (Å²) in [6.07, 6.45) is 3.33. The van der Waals surface area contributed by atoms with Crippen LogP contribution in [0, 0.1) is 11.7 Å². The number of rotatable bonds is 2. The Kier molecular flexibility index (Phi) is 2.99. The minimum Gasteiger partial charge on any atom is -0.207 e. The van der Waals surface area contributed by atoms with Crippen molar-refractivity contribution in [3.8, 4) is 0 Å². The number of fused-ring (bicyclic) bond motifs is 1. The monoisotopic (exact) mass is 333 g/mol. The summed E-state index contributed by atoms with van der Waals surface area (Å²) >= 11 is 3.09. The largest absolute Gasteiger partial charge is 0.243 e. The first-order valence-electron chi connectivity index (χ1n) is 5.97. The first-order valence-corrected chi connectivity index (χ1v) is 8.20. The topological polar surface area (TPSA) is 37.4 Å². The molecular weight excluding hydrogens is 321 g/mol. The van der Waals surface area contributed by atoms with Crippen LogP contribution < -0.4 is 0 Å². The van der Waals surface area contributed by atoms with Crippen LogP contribution in [0.1, 0.15) is 24.8 Å². The van der Waals surface area contributed by atoms with E-state index < -0.39 is 15.8 Å². The Bertz CT molecular complexity index is 598. The predicted molar refractivity (Wildman–Crippen MR) is 69.0 cm³/mol. The maximum absolute atomic E-state index is 13.9. The van der Waals surface area contributed by atoms with Gasteiger partial charge >= 0.3 is 0 Å². The second-order valence-electron chi connectivity index (χ2n) is 4.93. The Hall–Kier alpha value is -0.460. The van der Waals surface area contributed by atoms with Gasteiger partial charge in [0.15, 0.2) is 0 Å². The third-order valence-electron chi connectivity index (χ3n) is 3.79. The summed E-state index contributed by atoms with van der Waals surface area (Å²) in [4.78, 5) is 0.127. The van der Waals surface area contributed by atoms with E-state index in [-0.39, 0.29) is 11.4 Å². The predicted octanol–water partition coefficient (Wildman–Crippen LogP) is 2.89. The highest BCUT2D eigenvalue weighted by atomic mass is 79.9. The lowest BCUT2D eigenvalue weighted by molar-refractivity contribution is 0.245. The normalized spacial score (nSPS) is 22.8. The van der Waals surface area contributed by atoms with Crippen molar-refractivity contribution in [3.63, 3.8) is 0 Å². The Morgan fingerprint density at radius 2 is 2.11 bits per heavy atom. The maximum atomic E-state index is 13.9. The Morgan fingerprint density at radius 1 is 1.39 bits per heavy atom. The van der Waals surface area contributed by atoms with E-state index in [9.17, 15) is 12.8 Å². The molecule has 1 aromatic carbocycles. The average Bonchev–Trinajstić information content (AvgIpc) is 2.51. The van der Waals surface area contributed by atoms with E-state index in [2.05, 4.69) is 15.9 Å². The molecule has 2 aliphatic rings. The Morgan fingerprint density at radius 3 is 2.72 bits per heavy atom. The molecule has 1 heterocycles. The van der Waals surface area contributed by atoms with E-state index in [0.717, 1.165) is 12.8 Å². The molecule has 1 fully saturated rings. The summed E-state index contributed by atoms with van der Waals surface area (Å²) in [6.45, 7) is 0.688. The highest BCUT2D eigenvalue weighted by Crippen LogP contribution is 2.37. The molecule has 6 heteroatoms. The molecule has 0 unspecified atom stereocenters. The van der Waals surface area contributed by atoms with Gasteiger partial charge in [-0.05, 0) is 46.8 Å². The highest BCUT2D eigenvalue weighted by molar-refractivity contribution is 9.10. The molecule has 0 bridgehead atoms. The van der Waals surface area contributed by atoms with Gasteiger partial charge in [0.25, 0.3) is 0 Å². The molecule has 1 aliphatic carbocycles. The lowest BCUT2D eigenvalue weighted by Gasteiger charge is -2.29. The molecule has 0 aromatic heterocycles. The van der Waals surface area contributed by atoms with E-state index in [4.69, 9.17) is 0 Å². The van der Waals surface area contributed by atoms with Crippen molar-refractivity contribution in [3.05, 3.63) is 28.0 Å². The number of benzene rings is 1. The van der Waals surface area contributed by atoms with Crippen molar-refractivity contribution in [2.45, 2.75) is 30.7 Å². The lowest BCUT2D eigenvalue weighted by atomic mass is 9.85. The molecule has 98 valence electrons.